The molecule has 1 fully saturated rings. The Hall–Kier alpha value is -1.04. The lowest BCUT2D eigenvalue weighted by Gasteiger charge is -2.11. The zero-order valence-corrected chi connectivity index (χ0v) is 8.54. The number of rotatable bonds is 4. The molecule has 0 aromatic rings. The van der Waals surface area contributed by atoms with Crippen molar-refractivity contribution in [1.29, 1.82) is 0 Å². The molecule has 0 bridgehead atoms. The van der Waals surface area contributed by atoms with Gasteiger partial charge in [-0.1, -0.05) is 18.7 Å². The number of thioether (sulfide) groups is 1. The van der Waals surface area contributed by atoms with Crippen molar-refractivity contribution in [2.75, 3.05) is 6.54 Å². The topological polar surface area (TPSA) is 74.7 Å². The lowest BCUT2D eigenvalue weighted by atomic mass is 10.2. The number of hydrogen-bond acceptors (Lipinski definition) is 4. The van der Waals surface area contributed by atoms with Gasteiger partial charge in [-0.3, -0.25) is 19.3 Å². The summed E-state index contributed by atoms with van der Waals surface area (Å²) in [5.41, 5.74) is 0. The van der Waals surface area contributed by atoms with Crippen molar-refractivity contribution in [2.24, 2.45) is 0 Å². The summed E-state index contributed by atoms with van der Waals surface area (Å²) < 4.78 is 0. The first-order valence-corrected chi connectivity index (χ1v) is 5.18. The Labute approximate surface area is 85.4 Å². The average Bonchev–Trinajstić information content (AvgIpc) is 2.32. The second-order valence-electron chi connectivity index (χ2n) is 2.96. The van der Waals surface area contributed by atoms with E-state index in [4.69, 9.17) is 5.11 Å². The predicted molar refractivity (Wildman–Crippen MR) is 51.0 cm³/mol. The van der Waals surface area contributed by atoms with Gasteiger partial charge >= 0.3 is 5.97 Å². The standard InChI is InChI=1S/C8H11NO4S/c1-2-3-9-7(12)5(4-6(10)11)14-8(9)13/h5H,2-4H2,1H3,(H,10,11)/t5-/m1/s1. The van der Waals surface area contributed by atoms with Gasteiger partial charge in [0.1, 0.15) is 5.25 Å². The van der Waals surface area contributed by atoms with E-state index in [-0.39, 0.29) is 17.6 Å². The van der Waals surface area contributed by atoms with Gasteiger partial charge < -0.3 is 5.11 Å². The Morgan fingerprint density at radius 1 is 1.57 bits per heavy atom. The van der Waals surface area contributed by atoms with Gasteiger partial charge in [-0.15, -0.1) is 0 Å². The predicted octanol–water partition coefficient (Wildman–Crippen LogP) is 0.935. The normalized spacial score (nSPS) is 21.8. The number of imide groups is 1. The highest BCUT2D eigenvalue weighted by molar-refractivity contribution is 8.15. The second kappa shape index (κ2) is 4.45. The maximum absolute atomic E-state index is 11.5. The van der Waals surface area contributed by atoms with Crippen LogP contribution in [0.3, 0.4) is 0 Å². The van der Waals surface area contributed by atoms with Crippen LogP contribution in [-0.4, -0.2) is 38.9 Å². The van der Waals surface area contributed by atoms with E-state index in [2.05, 4.69) is 0 Å². The van der Waals surface area contributed by atoms with Gasteiger partial charge in [0.25, 0.3) is 5.24 Å². The summed E-state index contributed by atoms with van der Waals surface area (Å²) in [6.07, 6.45) is 0.410. The Morgan fingerprint density at radius 3 is 2.71 bits per heavy atom. The van der Waals surface area contributed by atoms with Crippen molar-refractivity contribution in [2.45, 2.75) is 25.0 Å². The summed E-state index contributed by atoms with van der Waals surface area (Å²) in [5.74, 6) is -1.42. The van der Waals surface area contributed by atoms with Crippen LogP contribution >= 0.6 is 11.8 Å². The third-order valence-electron chi connectivity index (χ3n) is 1.81. The summed E-state index contributed by atoms with van der Waals surface area (Å²) in [6, 6.07) is 0. The summed E-state index contributed by atoms with van der Waals surface area (Å²) in [7, 11) is 0. The minimum Gasteiger partial charge on any atom is -0.481 e. The van der Waals surface area contributed by atoms with E-state index < -0.39 is 11.2 Å². The first-order valence-electron chi connectivity index (χ1n) is 4.30. The SMILES string of the molecule is CCCN1C(=O)S[C@H](CC(=O)O)C1=O. The Kier molecular flexibility index (Phi) is 3.51. The van der Waals surface area contributed by atoms with Crippen molar-refractivity contribution in [3.63, 3.8) is 0 Å². The molecular formula is C8H11NO4S. The molecule has 0 saturated carbocycles. The van der Waals surface area contributed by atoms with E-state index in [1.165, 1.54) is 0 Å². The van der Waals surface area contributed by atoms with Crippen LogP contribution in [0.1, 0.15) is 19.8 Å². The Morgan fingerprint density at radius 2 is 2.21 bits per heavy atom. The largest absolute Gasteiger partial charge is 0.481 e. The van der Waals surface area contributed by atoms with E-state index in [0.717, 1.165) is 16.7 Å². The van der Waals surface area contributed by atoms with Gasteiger partial charge in [-0.2, -0.15) is 0 Å². The molecule has 0 aliphatic carbocycles. The fraction of sp³-hybridized carbons (Fsp3) is 0.625. The number of hydrogen-bond donors (Lipinski definition) is 1. The molecule has 5 nitrogen and oxygen atoms in total. The van der Waals surface area contributed by atoms with Crippen LogP contribution in [0.4, 0.5) is 4.79 Å². The molecule has 0 spiro atoms. The lowest BCUT2D eigenvalue weighted by molar-refractivity contribution is -0.139. The van der Waals surface area contributed by atoms with Crippen LogP contribution in [0, 0.1) is 0 Å². The molecule has 1 rings (SSSR count). The number of amides is 2. The molecule has 0 radical (unpaired) electrons. The lowest BCUT2D eigenvalue weighted by Crippen LogP contribution is -2.32. The molecule has 2 amide bonds. The molecule has 1 aliphatic heterocycles. The smallest absolute Gasteiger partial charge is 0.305 e. The Bertz CT molecular complexity index is 279. The molecule has 0 unspecified atom stereocenters. The maximum atomic E-state index is 11.5. The number of nitrogens with zero attached hydrogens (tertiary/aromatic N) is 1. The van der Waals surface area contributed by atoms with Gasteiger partial charge in [-0.05, 0) is 6.42 Å². The van der Waals surface area contributed by atoms with Crippen molar-refractivity contribution in [3.05, 3.63) is 0 Å². The van der Waals surface area contributed by atoms with Crippen LogP contribution in [-0.2, 0) is 9.59 Å². The summed E-state index contributed by atoms with van der Waals surface area (Å²) >= 11 is 0.807. The minimum atomic E-state index is -1.05. The summed E-state index contributed by atoms with van der Waals surface area (Å²) in [6.45, 7) is 2.23. The zero-order chi connectivity index (χ0) is 10.7. The molecule has 78 valence electrons. The monoisotopic (exact) mass is 217 g/mol. The number of aliphatic carboxylic acids is 1. The highest BCUT2D eigenvalue weighted by Crippen LogP contribution is 2.29. The first-order chi connectivity index (χ1) is 6.56. The second-order valence-corrected chi connectivity index (χ2v) is 4.11. The third kappa shape index (κ3) is 2.25. The third-order valence-corrected chi connectivity index (χ3v) is 2.89. The first kappa shape index (κ1) is 11.0. The van der Waals surface area contributed by atoms with Gasteiger partial charge in [-0.25, -0.2) is 0 Å². The van der Waals surface area contributed by atoms with Crippen LogP contribution in [0.25, 0.3) is 0 Å². The minimum absolute atomic E-state index is 0.282. The molecule has 0 aromatic heterocycles. The van der Waals surface area contributed by atoms with Gasteiger partial charge in [0, 0.05) is 6.54 Å². The van der Waals surface area contributed by atoms with Crippen LogP contribution in [0.2, 0.25) is 0 Å². The highest BCUT2D eigenvalue weighted by atomic mass is 32.2. The molecule has 14 heavy (non-hydrogen) atoms. The van der Waals surface area contributed by atoms with Gasteiger partial charge in [0.15, 0.2) is 0 Å². The average molecular weight is 217 g/mol. The fourth-order valence-corrected chi connectivity index (χ4v) is 2.22. The number of carbonyl (C=O) groups is 3. The summed E-state index contributed by atoms with van der Waals surface area (Å²) in [5, 5.41) is 7.44. The fourth-order valence-electron chi connectivity index (χ4n) is 1.21. The van der Waals surface area contributed by atoms with Crippen LogP contribution in [0.5, 0.6) is 0 Å². The molecule has 6 heteroatoms. The van der Waals surface area contributed by atoms with Crippen LogP contribution < -0.4 is 0 Å². The maximum Gasteiger partial charge on any atom is 0.305 e. The molecule has 1 saturated heterocycles. The van der Waals surface area contributed by atoms with E-state index in [1.54, 1.807) is 0 Å². The quantitative estimate of drug-likeness (QED) is 0.758. The molecule has 1 aliphatic rings. The Balaban J connectivity index is 2.64. The van der Waals surface area contributed by atoms with Crippen LogP contribution in [0.15, 0.2) is 0 Å². The van der Waals surface area contributed by atoms with E-state index in [1.807, 2.05) is 6.92 Å². The van der Waals surface area contributed by atoms with E-state index in [0.29, 0.717) is 13.0 Å². The van der Waals surface area contributed by atoms with Gasteiger partial charge in [0.05, 0.1) is 6.42 Å². The van der Waals surface area contributed by atoms with Crippen molar-refractivity contribution in [3.8, 4) is 0 Å². The van der Waals surface area contributed by atoms with E-state index >= 15 is 0 Å². The molecule has 1 heterocycles. The van der Waals surface area contributed by atoms with Gasteiger partial charge in [0.2, 0.25) is 5.91 Å². The van der Waals surface area contributed by atoms with Crippen molar-refractivity contribution in [1.82, 2.24) is 4.90 Å². The number of carboxylic acids is 1. The molecular weight excluding hydrogens is 206 g/mol. The zero-order valence-electron chi connectivity index (χ0n) is 7.73. The van der Waals surface area contributed by atoms with Crippen molar-refractivity contribution >= 4 is 28.9 Å². The highest BCUT2D eigenvalue weighted by Gasteiger charge is 2.39. The van der Waals surface area contributed by atoms with Crippen molar-refractivity contribution < 1.29 is 19.5 Å². The van der Waals surface area contributed by atoms with E-state index in [9.17, 15) is 14.4 Å². The molecule has 0 aromatic carbocycles. The number of carboxylic acid groups (broad SMARTS) is 1. The molecule has 1 atom stereocenters. The summed E-state index contributed by atoms with van der Waals surface area (Å²) in [4.78, 5) is 34.2. The number of carbonyl (C=O) groups excluding carboxylic acids is 2. The molecule has 1 N–H and O–H groups in total.